The molecular formula is C37H54IN3. The fraction of sp³-hybridized carbons (Fsp3) is 0.514. The molecule has 0 fully saturated rings. The molecule has 0 amide bonds. The number of benzene rings is 3. The van der Waals surface area contributed by atoms with Gasteiger partial charge in [0.2, 0.25) is 0 Å². The summed E-state index contributed by atoms with van der Waals surface area (Å²) in [7, 11) is 0. The lowest BCUT2D eigenvalue weighted by molar-refractivity contribution is 0.744. The van der Waals surface area contributed by atoms with Gasteiger partial charge in [-0.25, -0.2) is 0 Å². The lowest BCUT2D eigenvalue weighted by Gasteiger charge is -2.25. The average Bonchev–Trinajstić information content (AvgIpc) is 3.30. The van der Waals surface area contributed by atoms with E-state index in [-0.39, 0.29) is 29.9 Å². The van der Waals surface area contributed by atoms with E-state index in [1.807, 2.05) is 0 Å². The van der Waals surface area contributed by atoms with Crippen molar-refractivity contribution in [1.82, 2.24) is 0 Å². The van der Waals surface area contributed by atoms with Crippen molar-refractivity contribution in [1.29, 1.82) is 0 Å². The summed E-state index contributed by atoms with van der Waals surface area (Å²) >= 11 is 0. The molecule has 0 radical (unpaired) electrons. The van der Waals surface area contributed by atoms with Gasteiger partial charge in [-0.05, 0) is 103 Å². The van der Waals surface area contributed by atoms with Gasteiger partial charge < -0.3 is 14.7 Å². The smallest absolute Gasteiger partial charge is 0.0372 e. The number of hydrogen-bond donors (Lipinski definition) is 0. The Hall–Kier alpha value is -2.21. The van der Waals surface area contributed by atoms with Gasteiger partial charge in [-0.3, -0.25) is 0 Å². The molecule has 0 spiro atoms. The fourth-order valence-corrected chi connectivity index (χ4v) is 6.59. The molecule has 0 saturated carbocycles. The van der Waals surface area contributed by atoms with E-state index in [0.29, 0.717) is 0 Å². The van der Waals surface area contributed by atoms with Gasteiger partial charge >= 0.3 is 0 Å². The number of halogens is 1. The molecule has 0 aromatic heterocycles. The van der Waals surface area contributed by atoms with Crippen LogP contribution in [0.2, 0.25) is 0 Å². The van der Waals surface area contributed by atoms with Crippen molar-refractivity contribution < 1.29 is 0 Å². The van der Waals surface area contributed by atoms with Gasteiger partial charge in [-0.1, -0.05) is 65.8 Å². The maximum atomic E-state index is 2.57. The SMILES string of the molecule is CCCN(CCC)c1ccc(C2c3ccc(N(CCC)CCC)cc3-c3cc(N(CCC)CCC)ccc32)cc1.I. The average molecular weight is 668 g/mol. The van der Waals surface area contributed by atoms with E-state index in [1.165, 1.54) is 83.4 Å². The Kier molecular flexibility index (Phi) is 13.3. The van der Waals surface area contributed by atoms with Gasteiger partial charge in [-0.2, -0.15) is 0 Å². The largest absolute Gasteiger partial charge is 0.372 e. The highest BCUT2D eigenvalue weighted by atomic mass is 127. The van der Waals surface area contributed by atoms with Crippen molar-refractivity contribution in [2.45, 2.75) is 86.0 Å². The molecule has 3 aromatic carbocycles. The van der Waals surface area contributed by atoms with Crippen LogP contribution in [0.3, 0.4) is 0 Å². The predicted molar refractivity (Wildman–Crippen MR) is 193 cm³/mol. The number of rotatable bonds is 16. The van der Waals surface area contributed by atoms with Gasteiger partial charge in [0, 0.05) is 62.2 Å². The zero-order valence-electron chi connectivity index (χ0n) is 26.6. The van der Waals surface area contributed by atoms with Crippen molar-refractivity contribution >= 4 is 41.0 Å². The van der Waals surface area contributed by atoms with Crippen LogP contribution in [0.25, 0.3) is 11.1 Å². The van der Waals surface area contributed by atoms with Crippen LogP contribution in [-0.2, 0) is 0 Å². The van der Waals surface area contributed by atoms with Crippen LogP contribution >= 0.6 is 24.0 Å². The van der Waals surface area contributed by atoms with Gasteiger partial charge in [0.05, 0.1) is 0 Å². The Bertz CT molecular complexity index is 1120. The normalized spacial score (nSPS) is 12.0. The summed E-state index contributed by atoms with van der Waals surface area (Å²) in [6.45, 7) is 20.4. The second-order valence-electron chi connectivity index (χ2n) is 11.5. The Morgan fingerprint density at radius 2 is 0.756 bits per heavy atom. The molecule has 0 bridgehead atoms. The summed E-state index contributed by atoms with van der Waals surface area (Å²) in [6.07, 6.45) is 7.03. The van der Waals surface area contributed by atoms with E-state index in [9.17, 15) is 0 Å². The van der Waals surface area contributed by atoms with Crippen molar-refractivity contribution in [2.24, 2.45) is 0 Å². The Balaban J connectivity index is 0.00000462. The van der Waals surface area contributed by atoms with E-state index in [0.717, 1.165) is 39.3 Å². The summed E-state index contributed by atoms with van der Waals surface area (Å²) in [6, 6.07) is 24.1. The topological polar surface area (TPSA) is 9.72 Å². The molecule has 0 aliphatic heterocycles. The van der Waals surface area contributed by atoms with E-state index in [2.05, 4.69) is 117 Å². The van der Waals surface area contributed by atoms with Crippen LogP contribution < -0.4 is 14.7 Å². The highest BCUT2D eigenvalue weighted by molar-refractivity contribution is 14.0. The summed E-state index contributed by atoms with van der Waals surface area (Å²) in [5, 5.41) is 0. The minimum absolute atomic E-state index is 0. The zero-order chi connectivity index (χ0) is 28.5. The summed E-state index contributed by atoms with van der Waals surface area (Å²) < 4.78 is 0. The van der Waals surface area contributed by atoms with Crippen molar-refractivity contribution in [3.05, 3.63) is 77.4 Å². The molecule has 224 valence electrons. The second kappa shape index (κ2) is 16.4. The molecule has 4 rings (SSSR count). The molecule has 0 unspecified atom stereocenters. The maximum Gasteiger partial charge on any atom is 0.0372 e. The van der Waals surface area contributed by atoms with Crippen LogP contribution in [0, 0.1) is 0 Å². The van der Waals surface area contributed by atoms with E-state index < -0.39 is 0 Å². The molecule has 1 aliphatic rings. The summed E-state index contributed by atoms with van der Waals surface area (Å²) in [5.74, 6) is 0.282. The number of hydrogen-bond acceptors (Lipinski definition) is 3. The molecule has 4 heteroatoms. The molecule has 3 nitrogen and oxygen atoms in total. The highest BCUT2D eigenvalue weighted by Gasteiger charge is 2.31. The van der Waals surface area contributed by atoms with Gasteiger partial charge in [0.15, 0.2) is 0 Å². The maximum absolute atomic E-state index is 2.57. The molecule has 3 aromatic rings. The lowest BCUT2D eigenvalue weighted by atomic mass is 9.89. The Morgan fingerprint density at radius 1 is 0.439 bits per heavy atom. The Morgan fingerprint density at radius 3 is 1.10 bits per heavy atom. The van der Waals surface area contributed by atoms with Crippen LogP contribution in [0.4, 0.5) is 17.1 Å². The minimum Gasteiger partial charge on any atom is -0.372 e. The number of nitrogens with zero attached hydrogens (tertiary/aromatic N) is 3. The summed E-state index contributed by atoms with van der Waals surface area (Å²) in [5.41, 5.74) is 11.2. The lowest BCUT2D eigenvalue weighted by Crippen LogP contribution is -2.25. The first-order chi connectivity index (χ1) is 19.6. The van der Waals surface area contributed by atoms with Gasteiger partial charge in [0.25, 0.3) is 0 Å². The number of fused-ring (bicyclic) bond motifs is 3. The molecule has 0 heterocycles. The first kappa shape index (κ1) is 33.3. The van der Waals surface area contributed by atoms with E-state index in [4.69, 9.17) is 0 Å². The van der Waals surface area contributed by atoms with Crippen molar-refractivity contribution in [2.75, 3.05) is 54.0 Å². The second-order valence-corrected chi connectivity index (χ2v) is 11.5. The monoisotopic (exact) mass is 667 g/mol. The highest BCUT2D eigenvalue weighted by Crippen LogP contribution is 2.50. The van der Waals surface area contributed by atoms with E-state index in [1.54, 1.807) is 0 Å². The van der Waals surface area contributed by atoms with Crippen LogP contribution in [0.5, 0.6) is 0 Å². The summed E-state index contributed by atoms with van der Waals surface area (Å²) in [4.78, 5) is 7.68. The van der Waals surface area contributed by atoms with Gasteiger partial charge in [-0.15, -0.1) is 24.0 Å². The van der Waals surface area contributed by atoms with E-state index >= 15 is 0 Å². The van der Waals surface area contributed by atoms with Crippen molar-refractivity contribution in [3.63, 3.8) is 0 Å². The molecule has 41 heavy (non-hydrogen) atoms. The molecule has 0 saturated heterocycles. The quantitative estimate of drug-likeness (QED) is 0.110. The first-order valence-corrected chi connectivity index (χ1v) is 16.2. The first-order valence-electron chi connectivity index (χ1n) is 16.2. The minimum atomic E-state index is 0. The van der Waals surface area contributed by atoms with Crippen LogP contribution in [-0.4, -0.2) is 39.3 Å². The number of anilines is 3. The predicted octanol–water partition coefficient (Wildman–Crippen LogP) is 10.3. The third-order valence-electron chi connectivity index (χ3n) is 8.27. The standard InChI is InChI=1S/C37H53N3.HI/c1-7-21-38(22-8-2)30-15-13-29(14-16-30)37-33-19-17-31(39(23-9-3)24-10-4)27-35(33)36-28-32(18-20-34(36)37)40(25-11-5)26-12-6;/h13-20,27-28,37H,7-12,21-26H2,1-6H3;1H. The Labute approximate surface area is 268 Å². The van der Waals surface area contributed by atoms with Gasteiger partial charge in [0.1, 0.15) is 0 Å². The molecule has 0 atom stereocenters. The van der Waals surface area contributed by atoms with Crippen LogP contribution in [0.15, 0.2) is 60.7 Å². The molecular weight excluding hydrogens is 613 g/mol. The zero-order valence-corrected chi connectivity index (χ0v) is 28.9. The van der Waals surface area contributed by atoms with Crippen LogP contribution in [0.1, 0.15) is 103 Å². The molecule has 0 N–H and O–H groups in total. The third kappa shape index (κ3) is 7.60. The third-order valence-corrected chi connectivity index (χ3v) is 8.27. The fourth-order valence-electron chi connectivity index (χ4n) is 6.59. The van der Waals surface area contributed by atoms with Crippen molar-refractivity contribution in [3.8, 4) is 11.1 Å². The molecule has 1 aliphatic carbocycles.